The van der Waals surface area contributed by atoms with Crippen molar-refractivity contribution in [1.29, 1.82) is 0 Å². The normalized spacial score (nSPS) is 26.9. The maximum absolute atomic E-state index is 12.0. The Morgan fingerprint density at radius 2 is 2.12 bits per heavy atom. The summed E-state index contributed by atoms with van der Waals surface area (Å²) in [5, 5.41) is 3.14. The number of likely N-dealkylation sites (N-methyl/N-ethyl adjacent to an activating group) is 1. The van der Waals surface area contributed by atoms with Crippen molar-refractivity contribution < 1.29 is 9.53 Å². The molecule has 0 spiro atoms. The van der Waals surface area contributed by atoms with Crippen LogP contribution in [0.2, 0.25) is 0 Å². The van der Waals surface area contributed by atoms with Crippen LogP contribution in [-0.4, -0.2) is 67.8 Å². The molecule has 5 heteroatoms. The Balaban J connectivity index is 1.77. The summed E-state index contributed by atoms with van der Waals surface area (Å²) in [5.41, 5.74) is 0. The molecule has 0 saturated carbocycles. The van der Waals surface area contributed by atoms with E-state index in [4.69, 9.17) is 4.74 Å². The molecule has 2 saturated heterocycles. The number of urea groups is 1. The fourth-order valence-electron chi connectivity index (χ4n) is 2.49. The van der Waals surface area contributed by atoms with E-state index in [1.54, 1.807) is 0 Å². The van der Waals surface area contributed by atoms with Crippen LogP contribution in [0.3, 0.4) is 0 Å². The average molecular weight is 241 g/mol. The second kappa shape index (κ2) is 6.21. The number of likely N-dealkylation sites (tertiary alicyclic amines) is 1. The molecule has 2 fully saturated rings. The zero-order valence-electron chi connectivity index (χ0n) is 10.7. The highest BCUT2D eigenvalue weighted by atomic mass is 16.5. The first-order valence-corrected chi connectivity index (χ1v) is 6.65. The van der Waals surface area contributed by atoms with Gasteiger partial charge in [-0.15, -0.1) is 0 Å². The van der Waals surface area contributed by atoms with Gasteiger partial charge >= 0.3 is 6.03 Å². The van der Waals surface area contributed by atoms with Crippen molar-refractivity contribution in [2.24, 2.45) is 0 Å². The number of piperidine rings is 1. The lowest BCUT2D eigenvalue weighted by Crippen LogP contribution is -2.53. The van der Waals surface area contributed by atoms with Gasteiger partial charge in [-0.1, -0.05) is 6.92 Å². The highest BCUT2D eigenvalue weighted by Gasteiger charge is 2.23. The van der Waals surface area contributed by atoms with Gasteiger partial charge in [-0.2, -0.15) is 0 Å². The number of hydrogen-bond acceptors (Lipinski definition) is 3. The lowest BCUT2D eigenvalue weighted by Gasteiger charge is -2.34. The van der Waals surface area contributed by atoms with Crippen molar-refractivity contribution in [2.75, 3.05) is 45.9 Å². The molecule has 5 nitrogen and oxygen atoms in total. The SMILES string of the molecule is CCN1CCCC(NC(=O)N2CCOCC2)C1. The first kappa shape index (κ1) is 12.6. The van der Waals surface area contributed by atoms with Gasteiger partial charge in [0.15, 0.2) is 0 Å². The molecule has 1 atom stereocenters. The highest BCUT2D eigenvalue weighted by molar-refractivity contribution is 5.74. The number of rotatable bonds is 2. The lowest BCUT2D eigenvalue weighted by molar-refractivity contribution is 0.0515. The van der Waals surface area contributed by atoms with Gasteiger partial charge in [-0.3, -0.25) is 0 Å². The molecule has 0 bridgehead atoms. The van der Waals surface area contributed by atoms with E-state index in [2.05, 4.69) is 17.1 Å². The first-order valence-electron chi connectivity index (χ1n) is 6.65. The Labute approximate surface area is 103 Å². The molecule has 2 rings (SSSR count). The summed E-state index contributed by atoms with van der Waals surface area (Å²) in [5.74, 6) is 0. The van der Waals surface area contributed by atoms with Gasteiger partial charge in [0.2, 0.25) is 0 Å². The van der Waals surface area contributed by atoms with E-state index in [0.29, 0.717) is 19.3 Å². The third-order valence-electron chi connectivity index (χ3n) is 3.58. The molecule has 2 aliphatic heterocycles. The van der Waals surface area contributed by atoms with Gasteiger partial charge in [0.25, 0.3) is 0 Å². The van der Waals surface area contributed by atoms with Crippen molar-refractivity contribution in [3.05, 3.63) is 0 Å². The highest BCUT2D eigenvalue weighted by Crippen LogP contribution is 2.10. The average Bonchev–Trinajstić information content (AvgIpc) is 2.40. The van der Waals surface area contributed by atoms with Crippen molar-refractivity contribution in [3.8, 4) is 0 Å². The topological polar surface area (TPSA) is 44.8 Å². The van der Waals surface area contributed by atoms with Gasteiger partial charge in [-0.05, 0) is 25.9 Å². The molecule has 2 aliphatic rings. The van der Waals surface area contributed by atoms with E-state index < -0.39 is 0 Å². The van der Waals surface area contributed by atoms with Crippen LogP contribution in [0.5, 0.6) is 0 Å². The van der Waals surface area contributed by atoms with E-state index >= 15 is 0 Å². The maximum atomic E-state index is 12.0. The van der Waals surface area contributed by atoms with Crippen LogP contribution in [0.15, 0.2) is 0 Å². The molecule has 98 valence electrons. The molecule has 0 aromatic heterocycles. The largest absolute Gasteiger partial charge is 0.378 e. The Hall–Kier alpha value is -0.810. The minimum absolute atomic E-state index is 0.0799. The molecular weight excluding hydrogens is 218 g/mol. The third-order valence-corrected chi connectivity index (χ3v) is 3.58. The van der Waals surface area contributed by atoms with Crippen LogP contribution in [-0.2, 0) is 4.74 Å². The molecule has 1 N–H and O–H groups in total. The van der Waals surface area contributed by atoms with E-state index in [0.717, 1.165) is 32.6 Å². The summed E-state index contributed by atoms with van der Waals surface area (Å²) in [6, 6.07) is 0.398. The zero-order chi connectivity index (χ0) is 12.1. The van der Waals surface area contributed by atoms with Crippen LogP contribution in [0.1, 0.15) is 19.8 Å². The Bertz CT molecular complexity index is 254. The van der Waals surface area contributed by atoms with E-state index in [-0.39, 0.29) is 6.03 Å². The number of hydrogen-bond donors (Lipinski definition) is 1. The maximum Gasteiger partial charge on any atom is 0.317 e. The zero-order valence-corrected chi connectivity index (χ0v) is 10.7. The quantitative estimate of drug-likeness (QED) is 0.766. The van der Waals surface area contributed by atoms with Gasteiger partial charge in [-0.25, -0.2) is 4.79 Å². The van der Waals surface area contributed by atoms with Crippen LogP contribution < -0.4 is 5.32 Å². The number of morpholine rings is 1. The predicted molar refractivity (Wildman–Crippen MR) is 66.1 cm³/mol. The summed E-state index contributed by atoms with van der Waals surface area (Å²) < 4.78 is 5.24. The fraction of sp³-hybridized carbons (Fsp3) is 0.917. The van der Waals surface area contributed by atoms with E-state index in [1.807, 2.05) is 4.90 Å². The molecule has 0 aromatic carbocycles. The molecular formula is C12H23N3O2. The molecule has 2 amide bonds. The smallest absolute Gasteiger partial charge is 0.317 e. The molecule has 17 heavy (non-hydrogen) atoms. The summed E-state index contributed by atoms with van der Waals surface area (Å²) in [7, 11) is 0. The second-order valence-corrected chi connectivity index (χ2v) is 4.78. The molecule has 0 aliphatic carbocycles. The monoisotopic (exact) mass is 241 g/mol. The van der Waals surface area contributed by atoms with Gasteiger partial charge in [0.05, 0.1) is 13.2 Å². The summed E-state index contributed by atoms with van der Waals surface area (Å²) >= 11 is 0. The minimum Gasteiger partial charge on any atom is -0.378 e. The van der Waals surface area contributed by atoms with Crippen molar-refractivity contribution in [3.63, 3.8) is 0 Å². The Morgan fingerprint density at radius 3 is 2.82 bits per heavy atom. The molecule has 2 heterocycles. The van der Waals surface area contributed by atoms with Crippen molar-refractivity contribution >= 4 is 6.03 Å². The number of nitrogens with one attached hydrogen (secondary N) is 1. The standard InChI is InChI=1S/C12H23N3O2/c1-2-14-5-3-4-11(10-14)13-12(16)15-6-8-17-9-7-15/h11H,2-10H2,1H3,(H,13,16). The molecule has 0 aromatic rings. The summed E-state index contributed by atoms with van der Waals surface area (Å²) in [6.07, 6.45) is 2.29. The fourth-order valence-corrected chi connectivity index (χ4v) is 2.49. The Morgan fingerprint density at radius 1 is 1.35 bits per heavy atom. The van der Waals surface area contributed by atoms with Gasteiger partial charge in [0.1, 0.15) is 0 Å². The number of carbonyl (C=O) groups is 1. The van der Waals surface area contributed by atoms with Crippen LogP contribution >= 0.6 is 0 Å². The van der Waals surface area contributed by atoms with Crippen molar-refractivity contribution in [2.45, 2.75) is 25.8 Å². The molecule has 1 unspecified atom stereocenters. The lowest BCUT2D eigenvalue weighted by atomic mass is 10.1. The van der Waals surface area contributed by atoms with Crippen LogP contribution in [0.25, 0.3) is 0 Å². The van der Waals surface area contributed by atoms with Crippen LogP contribution in [0, 0.1) is 0 Å². The van der Waals surface area contributed by atoms with Crippen molar-refractivity contribution in [1.82, 2.24) is 15.1 Å². The first-order chi connectivity index (χ1) is 8.29. The molecule has 0 radical (unpaired) electrons. The van der Waals surface area contributed by atoms with Gasteiger partial charge < -0.3 is 19.9 Å². The van der Waals surface area contributed by atoms with Crippen LogP contribution in [0.4, 0.5) is 4.79 Å². The Kier molecular flexibility index (Phi) is 4.62. The van der Waals surface area contributed by atoms with E-state index in [1.165, 1.54) is 13.0 Å². The number of ether oxygens (including phenoxy) is 1. The predicted octanol–water partition coefficient (Wildman–Crippen LogP) is 0.513. The number of amides is 2. The number of carbonyl (C=O) groups excluding carboxylic acids is 1. The number of nitrogens with zero attached hydrogens (tertiary/aromatic N) is 2. The summed E-state index contributed by atoms with van der Waals surface area (Å²) in [4.78, 5) is 16.3. The minimum atomic E-state index is 0.0799. The third kappa shape index (κ3) is 3.57. The second-order valence-electron chi connectivity index (χ2n) is 4.78. The van der Waals surface area contributed by atoms with Gasteiger partial charge in [0, 0.05) is 25.7 Å². The summed E-state index contributed by atoms with van der Waals surface area (Å²) in [6.45, 7) is 8.17. The van der Waals surface area contributed by atoms with E-state index in [9.17, 15) is 4.79 Å².